The number of hydrogen-bond acceptors (Lipinski definition) is 5. The summed E-state index contributed by atoms with van der Waals surface area (Å²) in [5.74, 6) is 2.98. The van der Waals surface area contributed by atoms with Crippen LogP contribution >= 0.6 is 0 Å². The number of hydrogen-bond donors (Lipinski definition) is 2. The normalized spacial score (nSPS) is 14.8. The minimum atomic E-state index is 0.559. The second kappa shape index (κ2) is 6.00. The molecule has 0 aromatic carbocycles. The zero-order valence-electron chi connectivity index (χ0n) is 11.2. The van der Waals surface area contributed by atoms with Gasteiger partial charge in [-0.1, -0.05) is 6.92 Å². The number of ether oxygens (including phenoxy) is 1. The van der Waals surface area contributed by atoms with Crippen LogP contribution in [0.2, 0.25) is 0 Å². The van der Waals surface area contributed by atoms with Crippen molar-refractivity contribution in [2.24, 2.45) is 5.92 Å². The lowest BCUT2D eigenvalue weighted by atomic mass is 10.3. The first-order valence-electron chi connectivity index (χ1n) is 6.65. The van der Waals surface area contributed by atoms with Gasteiger partial charge < -0.3 is 15.8 Å². The zero-order chi connectivity index (χ0) is 13.0. The average molecular weight is 250 g/mol. The summed E-state index contributed by atoms with van der Waals surface area (Å²) in [5.41, 5.74) is 6.76. The SMILES string of the molecule is CCc1nc(N)c(C)c(NCCOCC2CC2)n1. The maximum Gasteiger partial charge on any atom is 0.134 e. The van der Waals surface area contributed by atoms with Crippen molar-refractivity contribution in [2.75, 3.05) is 30.8 Å². The summed E-state index contributed by atoms with van der Waals surface area (Å²) >= 11 is 0. The molecule has 0 unspecified atom stereocenters. The molecule has 0 spiro atoms. The standard InChI is InChI=1S/C13H22N4O/c1-3-11-16-12(14)9(2)13(17-11)15-6-7-18-8-10-4-5-10/h10H,3-8H2,1-2H3,(H3,14,15,16,17). The number of rotatable bonds is 7. The predicted molar refractivity (Wildman–Crippen MR) is 72.6 cm³/mol. The van der Waals surface area contributed by atoms with E-state index < -0.39 is 0 Å². The van der Waals surface area contributed by atoms with E-state index in [-0.39, 0.29) is 0 Å². The third-order valence-corrected chi connectivity index (χ3v) is 3.14. The molecule has 1 fully saturated rings. The van der Waals surface area contributed by atoms with E-state index in [1.54, 1.807) is 0 Å². The van der Waals surface area contributed by atoms with Crippen LogP contribution in [-0.2, 0) is 11.2 Å². The van der Waals surface area contributed by atoms with Gasteiger partial charge in [-0.25, -0.2) is 9.97 Å². The van der Waals surface area contributed by atoms with Crippen LogP contribution in [0.5, 0.6) is 0 Å². The largest absolute Gasteiger partial charge is 0.383 e. The monoisotopic (exact) mass is 250 g/mol. The smallest absolute Gasteiger partial charge is 0.134 e. The summed E-state index contributed by atoms with van der Waals surface area (Å²) < 4.78 is 5.57. The number of anilines is 2. The quantitative estimate of drug-likeness (QED) is 0.721. The molecule has 0 atom stereocenters. The topological polar surface area (TPSA) is 73.1 Å². The van der Waals surface area contributed by atoms with Crippen LogP contribution < -0.4 is 11.1 Å². The molecule has 0 saturated heterocycles. The van der Waals surface area contributed by atoms with Crippen LogP contribution in [0.15, 0.2) is 0 Å². The minimum absolute atomic E-state index is 0.559. The Morgan fingerprint density at radius 1 is 1.39 bits per heavy atom. The highest BCUT2D eigenvalue weighted by Gasteiger charge is 2.20. The Labute approximate surface area is 108 Å². The van der Waals surface area contributed by atoms with Gasteiger partial charge in [0.2, 0.25) is 0 Å². The van der Waals surface area contributed by atoms with E-state index in [0.717, 1.165) is 42.7 Å². The number of nitrogen functional groups attached to an aromatic ring is 1. The molecule has 0 amide bonds. The van der Waals surface area contributed by atoms with E-state index in [1.807, 2.05) is 13.8 Å². The van der Waals surface area contributed by atoms with Crippen LogP contribution in [0.3, 0.4) is 0 Å². The molecule has 0 bridgehead atoms. The summed E-state index contributed by atoms with van der Waals surface area (Å²) in [6, 6.07) is 0. The summed E-state index contributed by atoms with van der Waals surface area (Å²) in [4.78, 5) is 8.66. The summed E-state index contributed by atoms with van der Waals surface area (Å²) in [7, 11) is 0. The Morgan fingerprint density at radius 3 is 2.83 bits per heavy atom. The summed E-state index contributed by atoms with van der Waals surface area (Å²) in [6.07, 6.45) is 3.45. The highest BCUT2D eigenvalue weighted by atomic mass is 16.5. The molecule has 5 nitrogen and oxygen atoms in total. The Hall–Kier alpha value is -1.36. The first-order valence-corrected chi connectivity index (χ1v) is 6.65. The second-order valence-corrected chi connectivity index (χ2v) is 4.80. The van der Waals surface area contributed by atoms with Crippen LogP contribution in [0.25, 0.3) is 0 Å². The zero-order valence-corrected chi connectivity index (χ0v) is 11.2. The van der Waals surface area contributed by atoms with Gasteiger partial charge in [0.05, 0.1) is 6.61 Å². The highest BCUT2D eigenvalue weighted by Crippen LogP contribution is 2.28. The van der Waals surface area contributed by atoms with E-state index in [0.29, 0.717) is 12.4 Å². The van der Waals surface area contributed by atoms with E-state index in [2.05, 4.69) is 15.3 Å². The van der Waals surface area contributed by atoms with Crippen molar-refractivity contribution in [2.45, 2.75) is 33.1 Å². The predicted octanol–water partition coefficient (Wildman–Crippen LogP) is 1.77. The maximum absolute atomic E-state index is 5.85. The molecule has 3 N–H and O–H groups in total. The van der Waals surface area contributed by atoms with E-state index in [1.165, 1.54) is 12.8 Å². The number of nitrogens with one attached hydrogen (secondary N) is 1. The third kappa shape index (κ3) is 3.57. The lowest BCUT2D eigenvalue weighted by molar-refractivity contribution is 0.134. The second-order valence-electron chi connectivity index (χ2n) is 4.80. The first-order chi connectivity index (χ1) is 8.70. The number of aromatic nitrogens is 2. The minimum Gasteiger partial charge on any atom is -0.383 e. The van der Waals surface area contributed by atoms with Crippen LogP contribution in [-0.4, -0.2) is 29.7 Å². The van der Waals surface area contributed by atoms with Gasteiger partial charge in [-0.05, 0) is 25.7 Å². The van der Waals surface area contributed by atoms with Crippen LogP contribution in [0.4, 0.5) is 11.6 Å². The average Bonchev–Trinajstić information content (AvgIpc) is 3.17. The van der Waals surface area contributed by atoms with Crippen molar-refractivity contribution >= 4 is 11.6 Å². The fraction of sp³-hybridized carbons (Fsp3) is 0.692. The number of nitrogens with zero attached hydrogens (tertiary/aromatic N) is 2. The van der Waals surface area contributed by atoms with Gasteiger partial charge in [-0.15, -0.1) is 0 Å². The van der Waals surface area contributed by atoms with Crippen LogP contribution in [0, 0.1) is 12.8 Å². The molecule has 1 aliphatic carbocycles. The molecule has 0 aliphatic heterocycles. The van der Waals surface area contributed by atoms with Crippen molar-refractivity contribution < 1.29 is 4.74 Å². The van der Waals surface area contributed by atoms with Gasteiger partial charge in [0, 0.05) is 25.1 Å². The molecule has 1 saturated carbocycles. The Kier molecular flexibility index (Phi) is 4.36. The number of nitrogens with two attached hydrogens (primary N) is 1. The molecular formula is C13H22N4O. The molecule has 0 radical (unpaired) electrons. The Bertz CT molecular complexity index is 404. The fourth-order valence-corrected chi connectivity index (χ4v) is 1.69. The number of aryl methyl sites for hydroxylation is 1. The summed E-state index contributed by atoms with van der Waals surface area (Å²) in [6.45, 7) is 6.32. The van der Waals surface area contributed by atoms with Crippen molar-refractivity contribution in [1.82, 2.24) is 9.97 Å². The van der Waals surface area contributed by atoms with Gasteiger partial charge in [0.1, 0.15) is 17.5 Å². The van der Waals surface area contributed by atoms with Gasteiger partial charge in [-0.2, -0.15) is 0 Å². The van der Waals surface area contributed by atoms with Gasteiger partial charge in [0.25, 0.3) is 0 Å². The molecule has 1 heterocycles. The molecule has 1 aliphatic rings. The molecule has 5 heteroatoms. The van der Waals surface area contributed by atoms with Crippen LogP contribution in [0.1, 0.15) is 31.2 Å². The lowest BCUT2D eigenvalue weighted by Gasteiger charge is -2.11. The fourth-order valence-electron chi connectivity index (χ4n) is 1.69. The van der Waals surface area contributed by atoms with Gasteiger partial charge in [0.15, 0.2) is 0 Å². The van der Waals surface area contributed by atoms with Gasteiger partial charge >= 0.3 is 0 Å². The molecule has 100 valence electrons. The van der Waals surface area contributed by atoms with E-state index >= 15 is 0 Å². The molecule has 1 aromatic heterocycles. The first kappa shape index (κ1) is 13.1. The lowest BCUT2D eigenvalue weighted by Crippen LogP contribution is -2.14. The molecule has 2 rings (SSSR count). The molecule has 18 heavy (non-hydrogen) atoms. The highest BCUT2D eigenvalue weighted by molar-refractivity contribution is 5.54. The van der Waals surface area contributed by atoms with E-state index in [9.17, 15) is 0 Å². The van der Waals surface area contributed by atoms with Crippen molar-refractivity contribution in [1.29, 1.82) is 0 Å². The maximum atomic E-state index is 5.85. The third-order valence-electron chi connectivity index (χ3n) is 3.14. The Morgan fingerprint density at radius 2 is 2.17 bits per heavy atom. The Balaban J connectivity index is 1.81. The van der Waals surface area contributed by atoms with Crippen molar-refractivity contribution in [3.05, 3.63) is 11.4 Å². The van der Waals surface area contributed by atoms with Gasteiger partial charge in [-0.3, -0.25) is 0 Å². The van der Waals surface area contributed by atoms with Crippen molar-refractivity contribution in [3.8, 4) is 0 Å². The van der Waals surface area contributed by atoms with Crippen molar-refractivity contribution in [3.63, 3.8) is 0 Å². The molecular weight excluding hydrogens is 228 g/mol. The van der Waals surface area contributed by atoms with E-state index in [4.69, 9.17) is 10.5 Å². The summed E-state index contributed by atoms with van der Waals surface area (Å²) in [5, 5.41) is 3.27. The molecule has 1 aromatic rings.